The summed E-state index contributed by atoms with van der Waals surface area (Å²) in [5.74, 6) is 2.83. The molecule has 46 heavy (non-hydrogen) atoms. The van der Waals surface area contributed by atoms with Gasteiger partial charge in [0, 0.05) is 60.8 Å². The molecule has 0 aromatic heterocycles. The van der Waals surface area contributed by atoms with Crippen molar-refractivity contribution in [2.75, 3.05) is 46.1 Å². The molecule has 1 N–H and O–H groups in total. The zero-order valence-corrected chi connectivity index (χ0v) is 28.5. The first kappa shape index (κ1) is 38.2. The number of nitrogens with zero attached hydrogens (tertiary/aromatic N) is 9. The van der Waals surface area contributed by atoms with E-state index >= 15 is 0 Å². The van der Waals surface area contributed by atoms with Crippen molar-refractivity contribution < 1.29 is 19.3 Å². The van der Waals surface area contributed by atoms with Gasteiger partial charge in [-0.2, -0.15) is 0 Å². The van der Waals surface area contributed by atoms with E-state index in [4.69, 9.17) is 30.8 Å². The summed E-state index contributed by atoms with van der Waals surface area (Å²) < 4.78 is 19.8. The molecule has 0 aromatic rings. The third-order valence-corrected chi connectivity index (χ3v) is 11.5. The van der Waals surface area contributed by atoms with Gasteiger partial charge in [-0.25, -0.2) is 0 Å². The van der Waals surface area contributed by atoms with Crippen LogP contribution >= 0.6 is 0 Å². The highest BCUT2D eigenvalue weighted by Gasteiger charge is 2.56. The Balaban J connectivity index is 1.88. The third kappa shape index (κ3) is 11.5. The van der Waals surface area contributed by atoms with Crippen LogP contribution in [0.2, 0.25) is 0 Å². The molecule has 0 bridgehead atoms. The van der Waals surface area contributed by atoms with Gasteiger partial charge in [-0.15, -0.1) is 0 Å². The molecule has 3 unspecified atom stereocenters. The molecule has 3 rings (SSSR count). The van der Waals surface area contributed by atoms with E-state index in [2.05, 4.69) is 50.8 Å². The Morgan fingerprint density at radius 1 is 0.783 bits per heavy atom. The maximum atomic E-state index is 9.55. The van der Waals surface area contributed by atoms with Crippen LogP contribution < -0.4 is 0 Å². The molecule has 0 radical (unpaired) electrons. The van der Waals surface area contributed by atoms with Gasteiger partial charge >= 0.3 is 0 Å². The Bertz CT molecular complexity index is 1030. The van der Waals surface area contributed by atoms with Crippen LogP contribution in [0.5, 0.6) is 0 Å². The number of fused-ring (bicyclic) bond motifs is 3. The molecule has 0 amide bonds. The normalized spacial score (nSPS) is 33.4. The number of azide groups is 3. The summed E-state index contributed by atoms with van der Waals surface area (Å²) >= 11 is 0. The smallest absolute Gasteiger partial charge is 0.0611 e. The van der Waals surface area contributed by atoms with Crippen molar-refractivity contribution in [1.82, 2.24) is 0 Å². The molecule has 13 heteroatoms. The number of hydrogen-bond acceptors (Lipinski definition) is 7. The number of ether oxygens (including phenoxy) is 3. The number of rotatable bonds is 19. The molecule has 10 atom stereocenters. The van der Waals surface area contributed by atoms with Crippen molar-refractivity contribution in [2.45, 2.75) is 123 Å². The van der Waals surface area contributed by atoms with E-state index in [0.29, 0.717) is 87.8 Å². The minimum Gasteiger partial charge on any atom is -0.396 e. The van der Waals surface area contributed by atoms with Crippen LogP contribution in [0.25, 0.3) is 31.3 Å². The van der Waals surface area contributed by atoms with Crippen LogP contribution in [-0.2, 0) is 14.2 Å². The number of aliphatic hydroxyl groups excluding tert-OH is 1. The third-order valence-electron chi connectivity index (χ3n) is 11.5. The van der Waals surface area contributed by atoms with Gasteiger partial charge in [-0.1, -0.05) is 42.5 Å². The van der Waals surface area contributed by atoms with Crippen molar-refractivity contribution in [3.63, 3.8) is 0 Å². The van der Waals surface area contributed by atoms with Gasteiger partial charge in [0.1, 0.15) is 0 Å². The average Bonchev–Trinajstić information content (AvgIpc) is 3.12. The van der Waals surface area contributed by atoms with Crippen LogP contribution in [0.1, 0.15) is 104 Å². The lowest BCUT2D eigenvalue weighted by atomic mass is 9.49. The lowest BCUT2D eigenvalue weighted by Gasteiger charge is -2.59. The zero-order valence-electron chi connectivity index (χ0n) is 28.5. The maximum Gasteiger partial charge on any atom is 0.0611 e. The van der Waals surface area contributed by atoms with Gasteiger partial charge in [-0.3, -0.25) is 0 Å². The first-order valence-corrected chi connectivity index (χ1v) is 17.9. The fourth-order valence-corrected chi connectivity index (χ4v) is 8.97. The highest BCUT2D eigenvalue weighted by Crippen LogP contribution is 2.60. The summed E-state index contributed by atoms with van der Waals surface area (Å²) in [6, 6.07) is 0. The van der Waals surface area contributed by atoms with Crippen LogP contribution in [-0.4, -0.2) is 69.5 Å². The zero-order chi connectivity index (χ0) is 33.2. The first-order valence-electron chi connectivity index (χ1n) is 17.9. The molecule has 3 saturated carbocycles. The Labute approximate surface area is 275 Å². The lowest BCUT2D eigenvalue weighted by molar-refractivity contribution is -0.168. The first-order chi connectivity index (χ1) is 22.4. The van der Waals surface area contributed by atoms with Gasteiger partial charge in [0.05, 0.1) is 18.3 Å². The van der Waals surface area contributed by atoms with Crippen molar-refractivity contribution in [2.24, 2.45) is 56.3 Å². The summed E-state index contributed by atoms with van der Waals surface area (Å²) in [7, 11) is 0. The Morgan fingerprint density at radius 2 is 1.39 bits per heavy atom. The SMILES string of the molecule is C[C@H](CCCO)C1CC[C@H](C)C2[C@H](OCCCN=[N+]=[N-])CC3C[C@H](OCCCN=[N+]=[N-])CC[C@]3(C)[C@H]2C[C@H](OCCCN=[N+]=[N-])C1. The second-order valence-corrected chi connectivity index (χ2v) is 14.3. The van der Waals surface area contributed by atoms with Gasteiger partial charge < -0.3 is 19.3 Å². The summed E-state index contributed by atoms with van der Waals surface area (Å²) in [5, 5.41) is 20.6. The minimum absolute atomic E-state index is 0.112. The van der Waals surface area contributed by atoms with Crippen molar-refractivity contribution in [3.05, 3.63) is 31.3 Å². The molecule has 0 spiro atoms. The second-order valence-electron chi connectivity index (χ2n) is 14.3. The standard InChI is InChI=1S/C33H59N9O4/c1-24(8-4-16-43)26-10-9-25(2)32-30(23-29(20-26)45-18-6-14-38-41-35)33(3)12-11-28(44-17-5-13-37-40-34)21-27(33)22-31(32)46-19-7-15-39-42-36/h24-32,43H,4-23H2,1-3H3/t24-,25+,26?,27?,28-,29-,30+,31-,32?,33+/m1/s1. The summed E-state index contributed by atoms with van der Waals surface area (Å²) in [6.45, 7) is 10.7. The lowest BCUT2D eigenvalue weighted by Crippen LogP contribution is -2.55. The van der Waals surface area contributed by atoms with E-state index < -0.39 is 0 Å². The second kappa shape index (κ2) is 20.9. The Kier molecular flexibility index (Phi) is 17.4. The molecule has 0 aliphatic heterocycles. The Morgan fingerprint density at radius 3 is 2.00 bits per heavy atom. The van der Waals surface area contributed by atoms with E-state index in [1.807, 2.05) is 0 Å². The minimum atomic E-state index is 0.112. The number of hydrogen-bond donors (Lipinski definition) is 1. The summed E-state index contributed by atoms with van der Waals surface area (Å²) in [6.07, 6.45) is 12.9. The topological polar surface area (TPSA) is 194 Å². The fraction of sp³-hybridized carbons (Fsp3) is 1.00. The van der Waals surface area contributed by atoms with E-state index in [0.717, 1.165) is 70.6 Å². The van der Waals surface area contributed by atoms with Crippen LogP contribution in [0.15, 0.2) is 15.3 Å². The largest absolute Gasteiger partial charge is 0.396 e. The van der Waals surface area contributed by atoms with Gasteiger partial charge in [-0.05, 0) is 135 Å². The summed E-state index contributed by atoms with van der Waals surface area (Å²) in [5.41, 5.74) is 26.2. The van der Waals surface area contributed by atoms with Gasteiger partial charge in [0.25, 0.3) is 0 Å². The summed E-state index contributed by atoms with van der Waals surface area (Å²) in [4.78, 5) is 8.68. The van der Waals surface area contributed by atoms with E-state index in [9.17, 15) is 5.11 Å². The molecule has 3 aliphatic carbocycles. The molecular formula is C33H59N9O4. The van der Waals surface area contributed by atoms with Crippen LogP contribution in [0.4, 0.5) is 0 Å². The van der Waals surface area contributed by atoms with Crippen molar-refractivity contribution >= 4 is 0 Å². The van der Waals surface area contributed by atoms with E-state index in [-0.39, 0.29) is 30.3 Å². The highest BCUT2D eigenvalue weighted by molar-refractivity contribution is 5.05. The monoisotopic (exact) mass is 645 g/mol. The van der Waals surface area contributed by atoms with Crippen LogP contribution in [0.3, 0.4) is 0 Å². The average molecular weight is 646 g/mol. The van der Waals surface area contributed by atoms with Gasteiger partial charge in [0.15, 0.2) is 0 Å². The Hall–Kier alpha value is -2.23. The van der Waals surface area contributed by atoms with Crippen molar-refractivity contribution in [3.8, 4) is 0 Å². The quantitative estimate of drug-likeness (QED) is 0.0634. The molecule has 260 valence electrons. The molecular weight excluding hydrogens is 586 g/mol. The molecule has 0 heterocycles. The van der Waals surface area contributed by atoms with E-state index in [1.165, 1.54) is 0 Å². The highest BCUT2D eigenvalue weighted by atomic mass is 16.5. The molecule has 3 aliphatic rings. The number of aliphatic hydroxyl groups is 1. The van der Waals surface area contributed by atoms with Gasteiger partial charge in [0.2, 0.25) is 0 Å². The predicted molar refractivity (Wildman–Crippen MR) is 179 cm³/mol. The molecule has 13 nitrogen and oxygen atoms in total. The van der Waals surface area contributed by atoms with Crippen LogP contribution in [0, 0.1) is 40.9 Å². The molecule has 3 fully saturated rings. The van der Waals surface area contributed by atoms with Crippen molar-refractivity contribution in [1.29, 1.82) is 0 Å². The predicted octanol–water partition coefficient (Wildman–Crippen LogP) is 8.92. The molecule has 0 aromatic carbocycles. The fourth-order valence-electron chi connectivity index (χ4n) is 8.97. The maximum absolute atomic E-state index is 9.55. The van der Waals surface area contributed by atoms with E-state index in [1.54, 1.807) is 0 Å². The molecule has 0 saturated heterocycles.